The molecule has 7 heteroatoms. The molecule has 0 bridgehead atoms. The Morgan fingerprint density at radius 2 is 1.55 bits per heavy atom. The van der Waals surface area contributed by atoms with Gasteiger partial charge in [0.15, 0.2) is 0 Å². The lowest BCUT2D eigenvalue weighted by atomic mass is 9.98. The maximum Gasteiger partial charge on any atom is 0.312 e. The molecule has 108 valence electrons. The molecule has 0 aliphatic heterocycles. The highest BCUT2D eigenvalue weighted by Crippen LogP contribution is 2.17. The van der Waals surface area contributed by atoms with E-state index >= 15 is 0 Å². The van der Waals surface area contributed by atoms with E-state index < -0.39 is 23.7 Å². The fourth-order valence-corrected chi connectivity index (χ4v) is 1.90. The smallest absolute Gasteiger partial charge is 0.312 e. The summed E-state index contributed by atoms with van der Waals surface area (Å²) in [5, 5.41) is 9.28. The Morgan fingerprint density at radius 1 is 1.05 bits per heavy atom. The molecule has 1 aromatic carbocycles. The lowest BCUT2D eigenvalue weighted by Gasteiger charge is -2.23. The fraction of sp³-hybridized carbons (Fsp3) is 0.308. The van der Waals surface area contributed by atoms with Gasteiger partial charge < -0.3 is 16.6 Å². The number of carbonyl (C=O) groups excluding carboxylic acids is 2. The first-order chi connectivity index (χ1) is 9.40. The molecule has 0 aliphatic carbocycles. The number of primary amides is 2. The Hall–Kier alpha value is -2.41. The minimum absolute atomic E-state index is 0.0226. The second-order valence-electron chi connectivity index (χ2n) is 4.40. The molecule has 0 saturated carbocycles. The van der Waals surface area contributed by atoms with E-state index in [0.29, 0.717) is 5.56 Å². The highest BCUT2D eigenvalue weighted by atomic mass is 16.4. The normalized spacial score (nSPS) is 12.1. The predicted molar refractivity (Wildman–Crippen MR) is 71.6 cm³/mol. The monoisotopic (exact) mass is 279 g/mol. The van der Waals surface area contributed by atoms with Crippen LogP contribution < -0.4 is 11.5 Å². The predicted octanol–water partition coefficient (Wildman–Crippen LogP) is -0.873. The van der Waals surface area contributed by atoms with Gasteiger partial charge in [0.2, 0.25) is 11.8 Å². The first-order valence-electron chi connectivity index (χ1n) is 5.97. The molecule has 0 heterocycles. The molecule has 1 aromatic rings. The highest BCUT2D eigenvalue weighted by molar-refractivity contribution is 5.80. The Labute approximate surface area is 116 Å². The highest BCUT2D eigenvalue weighted by Gasteiger charge is 2.24. The Morgan fingerprint density at radius 3 is 1.95 bits per heavy atom. The Kier molecular flexibility index (Phi) is 5.67. The van der Waals surface area contributed by atoms with E-state index in [4.69, 9.17) is 11.5 Å². The van der Waals surface area contributed by atoms with Crippen LogP contribution in [0.4, 0.5) is 0 Å². The minimum Gasteiger partial charge on any atom is -0.481 e. The van der Waals surface area contributed by atoms with Gasteiger partial charge in [-0.2, -0.15) is 0 Å². The number of carboxylic acid groups (broad SMARTS) is 1. The summed E-state index contributed by atoms with van der Waals surface area (Å²) in [5.41, 5.74) is 10.7. The second kappa shape index (κ2) is 7.25. The van der Waals surface area contributed by atoms with Crippen molar-refractivity contribution in [1.82, 2.24) is 4.90 Å². The summed E-state index contributed by atoms with van der Waals surface area (Å²) >= 11 is 0. The van der Waals surface area contributed by atoms with Crippen LogP contribution >= 0.6 is 0 Å². The van der Waals surface area contributed by atoms with Gasteiger partial charge in [0.1, 0.15) is 0 Å². The zero-order chi connectivity index (χ0) is 15.1. The average Bonchev–Trinajstić information content (AvgIpc) is 2.35. The number of aliphatic carboxylic acids is 1. The number of hydrogen-bond acceptors (Lipinski definition) is 4. The molecule has 1 rings (SSSR count). The van der Waals surface area contributed by atoms with Crippen molar-refractivity contribution < 1.29 is 19.5 Å². The van der Waals surface area contributed by atoms with Crippen molar-refractivity contribution in [2.24, 2.45) is 11.5 Å². The van der Waals surface area contributed by atoms with E-state index in [1.54, 1.807) is 30.3 Å². The van der Waals surface area contributed by atoms with Crippen LogP contribution in [0.25, 0.3) is 0 Å². The Balaban J connectivity index is 2.88. The van der Waals surface area contributed by atoms with Gasteiger partial charge in [0, 0.05) is 6.54 Å². The SMILES string of the molecule is NC(=O)CN(CC(N)=O)CC(C(=O)O)c1ccccc1. The number of nitrogens with zero attached hydrogens (tertiary/aromatic N) is 1. The number of rotatable bonds is 8. The van der Waals surface area contributed by atoms with Crippen LogP contribution in [0.2, 0.25) is 0 Å². The standard InChI is InChI=1S/C13H17N3O4/c14-11(17)7-16(8-12(15)18)6-10(13(19)20)9-4-2-1-3-5-9/h1-5,10H,6-8H2,(H2,14,17)(H2,15,18)(H,19,20). The number of hydrogen-bond donors (Lipinski definition) is 3. The zero-order valence-corrected chi connectivity index (χ0v) is 10.9. The summed E-state index contributed by atoms with van der Waals surface area (Å²) in [7, 11) is 0. The van der Waals surface area contributed by atoms with Crippen molar-refractivity contribution in [3.63, 3.8) is 0 Å². The quantitative estimate of drug-likeness (QED) is 0.570. The van der Waals surface area contributed by atoms with E-state index in [1.165, 1.54) is 4.90 Å². The summed E-state index contributed by atoms with van der Waals surface area (Å²) in [6, 6.07) is 8.56. The van der Waals surface area contributed by atoms with Crippen molar-refractivity contribution in [1.29, 1.82) is 0 Å². The summed E-state index contributed by atoms with van der Waals surface area (Å²) in [6.45, 7) is -0.468. The number of nitrogens with two attached hydrogens (primary N) is 2. The van der Waals surface area contributed by atoms with Crippen LogP contribution in [0, 0.1) is 0 Å². The van der Waals surface area contributed by atoms with Crippen LogP contribution in [0.3, 0.4) is 0 Å². The van der Waals surface area contributed by atoms with Gasteiger partial charge in [0.25, 0.3) is 0 Å². The van der Waals surface area contributed by atoms with Crippen LogP contribution in [0.15, 0.2) is 30.3 Å². The molecule has 2 amide bonds. The minimum atomic E-state index is -1.05. The van der Waals surface area contributed by atoms with E-state index in [2.05, 4.69) is 0 Å². The summed E-state index contributed by atoms with van der Waals surface area (Å²) < 4.78 is 0. The van der Waals surface area contributed by atoms with E-state index in [-0.39, 0.29) is 19.6 Å². The fourth-order valence-electron chi connectivity index (χ4n) is 1.90. The molecule has 20 heavy (non-hydrogen) atoms. The third-order valence-electron chi connectivity index (χ3n) is 2.70. The molecule has 0 spiro atoms. The maximum absolute atomic E-state index is 11.3. The Bertz CT molecular complexity index is 474. The van der Waals surface area contributed by atoms with Gasteiger partial charge in [-0.15, -0.1) is 0 Å². The molecule has 0 radical (unpaired) electrons. The zero-order valence-electron chi connectivity index (χ0n) is 10.9. The number of benzene rings is 1. The molecule has 7 nitrogen and oxygen atoms in total. The van der Waals surface area contributed by atoms with Crippen LogP contribution in [-0.2, 0) is 14.4 Å². The number of amides is 2. The molecule has 0 saturated heterocycles. The molecule has 0 aliphatic rings. The molecular formula is C13H17N3O4. The largest absolute Gasteiger partial charge is 0.481 e. The van der Waals surface area contributed by atoms with Crippen molar-refractivity contribution in [3.05, 3.63) is 35.9 Å². The lowest BCUT2D eigenvalue weighted by molar-refractivity contribution is -0.140. The van der Waals surface area contributed by atoms with Crippen LogP contribution in [0.5, 0.6) is 0 Å². The number of carbonyl (C=O) groups is 3. The second-order valence-corrected chi connectivity index (χ2v) is 4.40. The van der Waals surface area contributed by atoms with E-state index in [9.17, 15) is 19.5 Å². The van der Waals surface area contributed by atoms with Crippen LogP contribution in [0.1, 0.15) is 11.5 Å². The van der Waals surface area contributed by atoms with Gasteiger partial charge >= 0.3 is 5.97 Å². The molecule has 0 aromatic heterocycles. The van der Waals surface area contributed by atoms with Crippen molar-refractivity contribution in [2.75, 3.05) is 19.6 Å². The third-order valence-corrected chi connectivity index (χ3v) is 2.70. The van der Waals surface area contributed by atoms with Gasteiger partial charge in [0.05, 0.1) is 19.0 Å². The molecule has 1 unspecified atom stereocenters. The van der Waals surface area contributed by atoms with Gasteiger partial charge in [-0.3, -0.25) is 19.3 Å². The van der Waals surface area contributed by atoms with E-state index in [1.807, 2.05) is 0 Å². The maximum atomic E-state index is 11.3. The molecule has 1 atom stereocenters. The lowest BCUT2D eigenvalue weighted by Crippen LogP contribution is -2.42. The molecular weight excluding hydrogens is 262 g/mol. The van der Waals surface area contributed by atoms with Gasteiger partial charge in [-0.05, 0) is 5.56 Å². The first-order valence-corrected chi connectivity index (χ1v) is 5.97. The van der Waals surface area contributed by atoms with E-state index in [0.717, 1.165) is 0 Å². The van der Waals surface area contributed by atoms with Crippen molar-refractivity contribution in [3.8, 4) is 0 Å². The van der Waals surface area contributed by atoms with Gasteiger partial charge in [-0.1, -0.05) is 30.3 Å². The number of carboxylic acids is 1. The molecule has 0 fully saturated rings. The average molecular weight is 279 g/mol. The first kappa shape index (κ1) is 15.6. The van der Waals surface area contributed by atoms with Crippen LogP contribution in [-0.4, -0.2) is 47.4 Å². The summed E-state index contributed by atoms with van der Waals surface area (Å²) in [4.78, 5) is 34.6. The molecule has 5 N–H and O–H groups in total. The summed E-state index contributed by atoms with van der Waals surface area (Å²) in [6.07, 6.45) is 0. The van der Waals surface area contributed by atoms with Gasteiger partial charge in [-0.25, -0.2) is 0 Å². The van der Waals surface area contributed by atoms with Crippen molar-refractivity contribution in [2.45, 2.75) is 5.92 Å². The third kappa shape index (κ3) is 5.07. The topological polar surface area (TPSA) is 127 Å². The van der Waals surface area contributed by atoms with Crippen molar-refractivity contribution >= 4 is 17.8 Å². The summed E-state index contributed by atoms with van der Waals surface area (Å²) in [5.74, 6) is -3.21.